The van der Waals surface area contributed by atoms with Crippen LogP contribution < -0.4 is 15.5 Å². The fourth-order valence-corrected chi connectivity index (χ4v) is 2.72. The first kappa shape index (κ1) is 13.5. The van der Waals surface area contributed by atoms with Crippen LogP contribution in [-0.4, -0.2) is 32.4 Å². The van der Waals surface area contributed by atoms with Crippen LogP contribution in [0.4, 0.5) is 17.1 Å². The Kier molecular flexibility index (Phi) is 3.77. The fourth-order valence-electron chi connectivity index (χ4n) is 2.72. The van der Waals surface area contributed by atoms with E-state index in [9.17, 15) is 0 Å². The maximum absolute atomic E-state index is 7.35. The lowest BCUT2D eigenvalue weighted by Gasteiger charge is -2.37. The van der Waals surface area contributed by atoms with Crippen LogP contribution in [0.2, 0.25) is 0 Å². The average Bonchev–Trinajstić information content (AvgIpc) is 2.56. The average molecular weight is 280 g/mol. The molecule has 1 heterocycles. The Balaban J connectivity index is 1.67. The van der Waals surface area contributed by atoms with Gasteiger partial charge in [0, 0.05) is 49.5 Å². The maximum Gasteiger partial charge on any atom is 0.0373 e. The molecule has 1 aliphatic rings. The molecule has 0 bridgehead atoms. The standard InChI is InChI=1S/C17H20N4/c18-13-14-2-1-3-17(12-14)21-10-8-20(9-11-21)16-6-4-15(19)5-7-16/h1-7,12-13,18H,8-11,19H2. The number of nitrogen functional groups attached to an aromatic ring is 1. The molecule has 2 aromatic carbocycles. The van der Waals surface area contributed by atoms with E-state index in [1.165, 1.54) is 17.6 Å². The Bertz CT molecular complexity index is 613. The second kappa shape index (κ2) is 5.87. The lowest BCUT2D eigenvalue weighted by molar-refractivity contribution is 0.653. The van der Waals surface area contributed by atoms with Gasteiger partial charge in [0.1, 0.15) is 0 Å². The molecule has 3 N–H and O–H groups in total. The first-order valence-corrected chi connectivity index (χ1v) is 7.22. The summed E-state index contributed by atoms with van der Waals surface area (Å²) in [5.41, 5.74) is 9.93. The molecule has 0 amide bonds. The van der Waals surface area contributed by atoms with Gasteiger partial charge in [0.05, 0.1) is 0 Å². The lowest BCUT2D eigenvalue weighted by Crippen LogP contribution is -2.46. The van der Waals surface area contributed by atoms with Gasteiger partial charge in [-0.25, -0.2) is 0 Å². The lowest BCUT2D eigenvalue weighted by atomic mass is 10.1. The van der Waals surface area contributed by atoms with Crippen molar-refractivity contribution in [1.29, 1.82) is 5.41 Å². The second-order valence-electron chi connectivity index (χ2n) is 5.30. The van der Waals surface area contributed by atoms with Crippen LogP contribution in [0.25, 0.3) is 0 Å². The first-order valence-electron chi connectivity index (χ1n) is 7.22. The number of anilines is 3. The minimum Gasteiger partial charge on any atom is -0.399 e. The quantitative estimate of drug-likeness (QED) is 0.671. The second-order valence-corrected chi connectivity index (χ2v) is 5.30. The van der Waals surface area contributed by atoms with Gasteiger partial charge in [-0.3, -0.25) is 0 Å². The van der Waals surface area contributed by atoms with Crippen LogP contribution in [0.3, 0.4) is 0 Å². The van der Waals surface area contributed by atoms with E-state index in [0.29, 0.717) is 0 Å². The summed E-state index contributed by atoms with van der Waals surface area (Å²) in [4.78, 5) is 4.76. The Morgan fingerprint density at radius 3 is 2.10 bits per heavy atom. The molecule has 0 saturated carbocycles. The zero-order chi connectivity index (χ0) is 14.7. The summed E-state index contributed by atoms with van der Waals surface area (Å²) >= 11 is 0. The zero-order valence-electron chi connectivity index (χ0n) is 12.0. The Labute approximate surface area is 125 Å². The van der Waals surface area contributed by atoms with E-state index in [2.05, 4.69) is 34.1 Å². The molecule has 4 nitrogen and oxygen atoms in total. The van der Waals surface area contributed by atoms with Crippen molar-refractivity contribution in [2.24, 2.45) is 0 Å². The van der Waals surface area contributed by atoms with Crippen LogP contribution in [0, 0.1) is 5.41 Å². The summed E-state index contributed by atoms with van der Waals surface area (Å²) in [5, 5.41) is 7.35. The van der Waals surface area contributed by atoms with Gasteiger partial charge in [-0.1, -0.05) is 12.1 Å². The van der Waals surface area contributed by atoms with Gasteiger partial charge < -0.3 is 20.9 Å². The predicted octanol–water partition coefficient (Wildman–Crippen LogP) is 2.59. The van der Waals surface area contributed by atoms with Gasteiger partial charge in [-0.15, -0.1) is 0 Å². The molecule has 0 radical (unpaired) electrons. The maximum atomic E-state index is 7.35. The van der Waals surface area contributed by atoms with Gasteiger partial charge in [-0.05, 0) is 42.0 Å². The Morgan fingerprint density at radius 1 is 0.857 bits per heavy atom. The van der Waals surface area contributed by atoms with E-state index in [4.69, 9.17) is 11.1 Å². The topological polar surface area (TPSA) is 56.4 Å². The van der Waals surface area contributed by atoms with E-state index in [1.807, 2.05) is 24.3 Å². The van der Waals surface area contributed by atoms with Crippen molar-refractivity contribution in [3.8, 4) is 0 Å². The highest BCUT2D eigenvalue weighted by atomic mass is 15.3. The van der Waals surface area contributed by atoms with Crippen molar-refractivity contribution in [3.05, 3.63) is 54.1 Å². The summed E-state index contributed by atoms with van der Waals surface area (Å²) in [6, 6.07) is 16.2. The minimum atomic E-state index is 0.806. The van der Waals surface area contributed by atoms with Gasteiger partial charge in [0.2, 0.25) is 0 Å². The molecule has 4 heteroatoms. The molecule has 1 aliphatic heterocycles. The molecule has 2 aromatic rings. The van der Waals surface area contributed by atoms with Crippen molar-refractivity contribution < 1.29 is 0 Å². The number of hydrogen-bond donors (Lipinski definition) is 2. The largest absolute Gasteiger partial charge is 0.399 e. The number of benzene rings is 2. The Morgan fingerprint density at radius 2 is 1.48 bits per heavy atom. The van der Waals surface area contributed by atoms with Crippen LogP contribution in [0.15, 0.2) is 48.5 Å². The van der Waals surface area contributed by atoms with Crippen LogP contribution in [-0.2, 0) is 0 Å². The fraction of sp³-hybridized carbons (Fsp3) is 0.235. The van der Waals surface area contributed by atoms with Crippen molar-refractivity contribution in [3.63, 3.8) is 0 Å². The number of hydrogen-bond acceptors (Lipinski definition) is 4. The predicted molar refractivity (Wildman–Crippen MR) is 89.6 cm³/mol. The molecule has 21 heavy (non-hydrogen) atoms. The van der Waals surface area contributed by atoms with E-state index >= 15 is 0 Å². The molecule has 1 saturated heterocycles. The minimum absolute atomic E-state index is 0.806. The van der Waals surface area contributed by atoms with Crippen LogP contribution in [0.5, 0.6) is 0 Å². The van der Waals surface area contributed by atoms with Gasteiger partial charge in [-0.2, -0.15) is 0 Å². The van der Waals surface area contributed by atoms with E-state index in [0.717, 1.165) is 37.4 Å². The molecule has 0 spiro atoms. The first-order chi connectivity index (χ1) is 10.3. The van der Waals surface area contributed by atoms with Crippen molar-refractivity contribution in [1.82, 2.24) is 0 Å². The number of nitrogens with one attached hydrogen (secondary N) is 1. The molecule has 0 atom stereocenters. The van der Waals surface area contributed by atoms with Crippen molar-refractivity contribution in [2.45, 2.75) is 0 Å². The summed E-state index contributed by atoms with van der Waals surface area (Å²) < 4.78 is 0. The molecular formula is C17H20N4. The highest BCUT2D eigenvalue weighted by Crippen LogP contribution is 2.21. The molecule has 0 aromatic heterocycles. The SMILES string of the molecule is N=Cc1cccc(N2CCN(c3ccc(N)cc3)CC2)c1. The zero-order valence-corrected chi connectivity index (χ0v) is 12.0. The summed E-state index contributed by atoms with van der Waals surface area (Å²) in [6.45, 7) is 3.98. The number of rotatable bonds is 3. The number of piperazine rings is 1. The monoisotopic (exact) mass is 280 g/mol. The highest BCUT2D eigenvalue weighted by molar-refractivity contribution is 5.79. The highest BCUT2D eigenvalue weighted by Gasteiger charge is 2.17. The normalized spacial score (nSPS) is 15.0. The van der Waals surface area contributed by atoms with E-state index in [-0.39, 0.29) is 0 Å². The third-order valence-corrected chi connectivity index (χ3v) is 3.94. The molecule has 0 aliphatic carbocycles. The molecule has 1 fully saturated rings. The smallest absolute Gasteiger partial charge is 0.0373 e. The molecule has 3 rings (SSSR count). The van der Waals surface area contributed by atoms with Crippen LogP contribution in [0.1, 0.15) is 5.56 Å². The molecule has 0 unspecified atom stereocenters. The number of nitrogens with two attached hydrogens (primary N) is 1. The Hall–Kier alpha value is -2.49. The van der Waals surface area contributed by atoms with Crippen molar-refractivity contribution in [2.75, 3.05) is 41.7 Å². The number of nitrogens with zero attached hydrogens (tertiary/aromatic N) is 2. The van der Waals surface area contributed by atoms with Gasteiger partial charge in [0.15, 0.2) is 0 Å². The van der Waals surface area contributed by atoms with E-state index < -0.39 is 0 Å². The van der Waals surface area contributed by atoms with Crippen LogP contribution >= 0.6 is 0 Å². The summed E-state index contributed by atoms with van der Waals surface area (Å²) in [7, 11) is 0. The van der Waals surface area contributed by atoms with Gasteiger partial charge in [0.25, 0.3) is 0 Å². The summed E-state index contributed by atoms with van der Waals surface area (Å²) in [6.07, 6.45) is 1.40. The molecular weight excluding hydrogens is 260 g/mol. The summed E-state index contributed by atoms with van der Waals surface area (Å²) in [5.74, 6) is 0. The van der Waals surface area contributed by atoms with Gasteiger partial charge >= 0.3 is 0 Å². The third kappa shape index (κ3) is 2.99. The van der Waals surface area contributed by atoms with E-state index in [1.54, 1.807) is 0 Å². The third-order valence-electron chi connectivity index (χ3n) is 3.94. The van der Waals surface area contributed by atoms with Crippen molar-refractivity contribution >= 4 is 23.3 Å². The molecule has 108 valence electrons.